The molecule has 3 aliphatic rings. The molecule has 41 heavy (non-hydrogen) atoms. The van der Waals surface area contributed by atoms with Crippen LogP contribution in [0.1, 0.15) is 18.4 Å². The molecule has 2 aromatic heterocycles. The quantitative estimate of drug-likeness (QED) is 0.300. The first-order valence-electron chi connectivity index (χ1n) is 14.3. The van der Waals surface area contributed by atoms with Crippen molar-refractivity contribution in [3.8, 4) is 22.9 Å². The molecule has 0 atom stereocenters. The molecule has 11 heteroatoms. The van der Waals surface area contributed by atoms with Crippen LogP contribution in [-0.2, 0) is 11.3 Å². The molecule has 1 aromatic carbocycles. The Morgan fingerprint density at radius 2 is 1.63 bits per heavy atom. The molecular formula is C30H36Cl2N6O2S. The predicted molar refractivity (Wildman–Crippen MR) is 167 cm³/mol. The number of rotatable bonds is 9. The number of piperazine rings is 1. The number of likely N-dealkylation sites (tertiary alicyclic amines) is 1. The van der Waals surface area contributed by atoms with Crippen molar-refractivity contribution in [3.05, 3.63) is 58.3 Å². The van der Waals surface area contributed by atoms with Gasteiger partial charge in [0.15, 0.2) is 5.75 Å². The maximum atomic E-state index is 6.33. The van der Waals surface area contributed by atoms with E-state index in [-0.39, 0.29) is 0 Å². The monoisotopic (exact) mass is 614 g/mol. The van der Waals surface area contributed by atoms with E-state index in [2.05, 4.69) is 37.0 Å². The van der Waals surface area contributed by atoms with Crippen LogP contribution in [0.3, 0.4) is 0 Å². The number of benzene rings is 1. The third kappa shape index (κ3) is 7.45. The number of hydrogen-bond donors (Lipinski definition) is 0. The van der Waals surface area contributed by atoms with Gasteiger partial charge in [-0.25, -0.2) is 15.0 Å². The van der Waals surface area contributed by atoms with Gasteiger partial charge in [-0.05, 0) is 73.7 Å². The number of ether oxygens (including phenoxy) is 2. The Hall–Kier alpha value is -2.14. The summed E-state index contributed by atoms with van der Waals surface area (Å²) >= 11 is 14.6. The molecule has 5 heterocycles. The molecule has 0 unspecified atom stereocenters. The Labute approximate surface area is 256 Å². The number of aromatic nitrogens is 3. The van der Waals surface area contributed by atoms with Crippen LogP contribution in [0.15, 0.2) is 42.7 Å². The fraction of sp³-hybridized carbons (Fsp3) is 0.500. The molecule has 0 aliphatic carbocycles. The van der Waals surface area contributed by atoms with E-state index in [1.54, 1.807) is 18.5 Å². The van der Waals surface area contributed by atoms with Crippen molar-refractivity contribution < 1.29 is 9.47 Å². The third-order valence-electron chi connectivity index (χ3n) is 8.11. The standard InChI is InChI=1S/C30H36Cl2N6O2S/c1-41-20-21-2-4-36(5-3-21)17-22-10-28(23-12-24(31)14-25(32)13-23)35-29(11-22)40-27-15-33-30(34-16-27)38-8-6-37(7-9-38)26-18-39-19-26/h10-16,21,26H,2-9,17-20H2,1H3. The molecule has 0 bridgehead atoms. The fourth-order valence-corrected chi connectivity index (χ4v) is 7.06. The number of hydrogen-bond acceptors (Lipinski definition) is 9. The minimum atomic E-state index is 0.499. The Bertz CT molecular complexity index is 1290. The highest BCUT2D eigenvalue weighted by atomic mass is 35.5. The van der Waals surface area contributed by atoms with E-state index in [4.69, 9.17) is 37.7 Å². The molecule has 3 fully saturated rings. The van der Waals surface area contributed by atoms with Gasteiger partial charge >= 0.3 is 0 Å². The van der Waals surface area contributed by atoms with Gasteiger partial charge in [0, 0.05) is 54.4 Å². The summed E-state index contributed by atoms with van der Waals surface area (Å²) in [6.45, 7) is 8.53. The first-order valence-corrected chi connectivity index (χ1v) is 16.4. The Kier molecular flexibility index (Phi) is 9.49. The van der Waals surface area contributed by atoms with Gasteiger partial charge < -0.3 is 14.4 Å². The van der Waals surface area contributed by atoms with Crippen molar-refractivity contribution in [2.75, 3.05) is 69.4 Å². The molecular weight excluding hydrogens is 579 g/mol. The number of anilines is 1. The normalized spacial score (nSPS) is 19.3. The SMILES string of the molecule is CSCC1CCN(Cc2cc(Oc3cnc(N4CCN(C5COC5)CC4)nc3)nc(-c3cc(Cl)cc(Cl)c3)c2)CC1. The highest BCUT2D eigenvalue weighted by molar-refractivity contribution is 7.98. The number of pyridine rings is 1. The van der Waals surface area contributed by atoms with Crippen LogP contribution in [0.5, 0.6) is 11.6 Å². The zero-order valence-corrected chi connectivity index (χ0v) is 25.7. The summed E-state index contributed by atoms with van der Waals surface area (Å²) in [5.41, 5.74) is 2.76. The van der Waals surface area contributed by atoms with Crippen molar-refractivity contribution in [2.45, 2.75) is 25.4 Å². The van der Waals surface area contributed by atoms with Crippen molar-refractivity contribution >= 4 is 40.9 Å². The summed E-state index contributed by atoms with van der Waals surface area (Å²) < 4.78 is 11.6. The number of thioether (sulfide) groups is 1. The lowest BCUT2D eigenvalue weighted by Gasteiger charge is -2.42. The van der Waals surface area contributed by atoms with Gasteiger partial charge in [-0.3, -0.25) is 9.80 Å². The van der Waals surface area contributed by atoms with Crippen LogP contribution in [0.2, 0.25) is 10.0 Å². The second-order valence-corrected chi connectivity index (χ2v) is 12.9. The maximum absolute atomic E-state index is 6.33. The van der Waals surface area contributed by atoms with Crippen LogP contribution in [-0.4, -0.2) is 95.3 Å². The fourth-order valence-electron chi connectivity index (χ4n) is 5.72. The zero-order chi connectivity index (χ0) is 28.2. The lowest BCUT2D eigenvalue weighted by atomic mass is 9.98. The van der Waals surface area contributed by atoms with E-state index in [1.807, 2.05) is 30.0 Å². The minimum absolute atomic E-state index is 0.499. The minimum Gasteiger partial charge on any atom is -0.436 e. The maximum Gasteiger partial charge on any atom is 0.225 e. The van der Waals surface area contributed by atoms with Crippen molar-refractivity contribution in [3.63, 3.8) is 0 Å². The number of nitrogens with zero attached hydrogens (tertiary/aromatic N) is 6. The molecule has 8 nitrogen and oxygen atoms in total. The predicted octanol–water partition coefficient (Wildman–Crippen LogP) is 5.73. The van der Waals surface area contributed by atoms with Gasteiger partial charge in [-0.2, -0.15) is 11.8 Å². The van der Waals surface area contributed by atoms with E-state index < -0.39 is 0 Å². The smallest absolute Gasteiger partial charge is 0.225 e. The number of piperidine rings is 1. The average molecular weight is 616 g/mol. The molecule has 0 N–H and O–H groups in total. The first-order chi connectivity index (χ1) is 20.0. The molecule has 6 rings (SSSR count). The van der Waals surface area contributed by atoms with Crippen LogP contribution < -0.4 is 9.64 Å². The summed E-state index contributed by atoms with van der Waals surface area (Å²) in [7, 11) is 0. The van der Waals surface area contributed by atoms with E-state index in [0.717, 1.165) is 87.7 Å². The molecule has 0 spiro atoms. The summed E-state index contributed by atoms with van der Waals surface area (Å²) in [5, 5.41) is 1.15. The second kappa shape index (κ2) is 13.4. The largest absolute Gasteiger partial charge is 0.436 e. The molecule has 0 amide bonds. The van der Waals surface area contributed by atoms with Crippen molar-refractivity contribution in [1.82, 2.24) is 24.8 Å². The Morgan fingerprint density at radius 1 is 0.927 bits per heavy atom. The Morgan fingerprint density at radius 3 is 2.27 bits per heavy atom. The first kappa shape index (κ1) is 29.0. The highest BCUT2D eigenvalue weighted by Crippen LogP contribution is 2.31. The van der Waals surface area contributed by atoms with Crippen molar-refractivity contribution in [1.29, 1.82) is 0 Å². The van der Waals surface area contributed by atoms with Crippen LogP contribution in [0.4, 0.5) is 5.95 Å². The average Bonchev–Trinajstić information content (AvgIpc) is 2.94. The van der Waals surface area contributed by atoms with Crippen LogP contribution in [0, 0.1) is 5.92 Å². The molecule has 218 valence electrons. The third-order valence-corrected chi connectivity index (χ3v) is 9.35. The molecule has 0 saturated carbocycles. The second-order valence-electron chi connectivity index (χ2n) is 11.1. The zero-order valence-electron chi connectivity index (χ0n) is 23.3. The van der Waals surface area contributed by atoms with Crippen LogP contribution >= 0.6 is 35.0 Å². The van der Waals surface area contributed by atoms with Gasteiger partial charge in [0.25, 0.3) is 0 Å². The summed E-state index contributed by atoms with van der Waals surface area (Å²) in [6.07, 6.45) is 8.13. The molecule has 3 saturated heterocycles. The van der Waals surface area contributed by atoms with Gasteiger partial charge in [0.05, 0.1) is 37.3 Å². The van der Waals surface area contributed by atoms with Gasteiger partial charge in [0.2, 0.25) is 11.8 Å². The summed E-state index contributed by atoms with van der Waals surface area (Å²) in [6, 6.07) is 10.2. The number of halogens is 2. The molecule has 3 aromatic rings. The van der Waals surface area contributed by atoms with Gasteiger partial charge in [0.1, 0.15) is 0 Å². The summed E-state index contributed by atoms with van der Waals surface area (Å²) in [4.78, 5) is 21.3. The highest BCUT2D eigenvalue weighted by Gasteiger charge is 2.29. The van der Waals surface area contributed by atoms with E-state index in [0.29, 0.717) is 27.7 Å². The summed E-state index contributed by atoms with van der Waals surface area (Å²) in [5.74, 6) is 3.83. The topological polar surface area (TPSA) is 66.9 Å². The van der Waals surface area contributed by atoms with Crippen LogP contribution in [0.25, 0.3) is 11.3 Å². The van der Waals surface area contributed by atoms with E-state index in [1.165, 1.54) is 18.6 Å². The lowest BCUT2D eigenvalue weighted by molar-refractivity contribution is -0.0661. The van der Waals surface area contributed by atoms with Gasteiger partial charge in [-0.15, -0.1) is 0 Å². The molecule has 3 aliphatic heterocycles. The van der Waals surface area contributed by atoms with Crippen molar-refractivity contribution in [2.24, 2.45) is 5.92 Å². The Balaban J connectivity index is 1.17. The van der Waals surface area contributed by atoms with E-state index >= 15 is 0 Å². The van der Waals surface area contributed by atoms with E-state index in [9.17, 15) is 0 Å². The lowest BCUT2D eigenvalue weighted by Crippen LogP contribution is -2.56. The molecule has 0 radical (unpaired) electrons. The van der Waals surface area contributed by atoms with Gasteiger partial charge in [-0.1, -0.05) is 23.2 Å².